The van der Waals surface area contributed by atoms with E-state index >= 15 is 0 Å². The average molecular weight is 149 g/mol. The summed E-state index contributed by atoms with van der Waals surface area (Å²) in [4.78, 5) is 3.83. The molecule has 0 atom stereocenters. The molecule has 1 aliphatic rings. The summed E-state index contributed by atoms with van der Waals surface area (Å²) in [5.74, 6) is -1.86. The number of aliphatic hydroxyl groups is 2. The topological polar surface area (TPSA) is 52.8 Å². The monoisotopic (exact) mass is 149 g/mol. The van der Waals surface area contributed by atoms with Gasteiger partial charge in [0.15, 0.2) is 0 Å². The fourth-order valence-electron chi connectivity index (χ4n) is 1.13. The number of benzene rings is 1. The molecule has 3 nitrogen and oxygen atoms in total. The third-order valence-electron chi connectivity index (χ3n) is 1.68. The van der Waals surface area contributed by atoms with Crippen molar-refractivity contribution in [2.45, 2.75) is 5.79 Å². The van der Waals surface area contributed by atoms with Gasteiger partial charge in [-0.25, -0.2) is 0 Å². The summed E-state index contributed by atoms with van der Waals surface area (Å²) < 4.78 is 0. The van der Waals surface area contributed by atoms with Crippen LogP contribution in [-0.2, 0) is 5.79 Å². The molecule has 0 aromatic heterocycles. The molecular weight excluding hydrogens is 142 g/mol. The van der Waals surface area contributed by atoms with Crippen LogP contribution in [0.1, 0.15) is 5.56 Å². The molecule has 2 rings (SSSR count). The van der Waals surface area contributed by atoms with Gasteiger partial charge in [-0.15, -0.1) is 0 Å². The lowest BCUT2D eigenvalue weighted by molar-refractivity contribution is -0.0978. The van der Waals surface area contributed by atoms with E-state index in [1.54, 1.807) is 24.3 Å². The van der Waals surface area contributed by atoms with Gasteiger partial charge in [-0.3, -0.25) is 4.99 Å². The minimum atomic E-state index is -1.86. The van der Waals surface area contributed by atoms with Crippen LogP contribution in [0.25, 0.3) is 0 Å². The standard InChI is InChI=1S/C8H7NO2/c10-8(11)5-9-7-4-2-1-3-6(7)8/h1-5,10-11H. The van der Waals surface area contributed by atoms with E-state index in [0.29, 0.717) is 11.3 Å². The zero-order valence-corrected chi connectivity index (χ0v) is 5.73. The second kappa shape index (κ2) is 1.90. The molecule has 0 unspecified atom stereocenters. The summed E-state index contributed by atoms with van der Waals surface area (Å²) in [7, 11) is 0. The summed E-state index contributed by atoms with van der Waals surface area (Å²) in [6.07, 6.45) is 1.12. The van der Waals surface area contributed by atoms with E-state index in [2.05, 4.69) is 4.99 Å². The van der Waals surface area contributed by atoms with Crippen LogP contribution in [0.5, 0.6) is 0 Å². The van der Waals surface area contributed by atoms with Crippen molar-refractivity contribution < 1.29 is 10.2 Å². The van der Waals surface area contributed by atoms with Gasteiger partial charge in [-0.2, -0.15) is 0 Å². The van der Waals surface area contributed by atoms with E-state index in [4.69, 9.17) is 0 Å². The number of aliphatic imine (C=N–C) groups is 1. The van der Waals surface area contributed by atoms with Gasteiger partial charge in [-0.1, -0.05) is 18.2 Å². The van der Waals surface area contributed by atoms with Crippen LogP contribution in [0.15, 0.2) is 29.3 Å². The summed E-state index contributed by atoms with van der Waals surface area (Å²) in [5.41, 5.74) is 1.07. The molecule has 1 aromatic rings. The van der Waals surface area contributed by atoms with Gasteiger partial charge in [0, 0.05) is 5.56 Å². The Morgan fingerprint density at radius 3 is 2.64 bits per heavy atom. The molecule has 11 heavy (non-hydrogen) atoms. The maximum absolute atomic E-state index is 9.25. The fraction of sp³-hybridized carbons (Fsp3) is 0.125. The molecule has 0 saturated heterocycles. The molecule has 0 bridgehead atoms. The van der Waals surface area contributed by atoms with E-state index < -0.39 is 5.79 Å². The predicted molar refractivity (Wildman–Crippen MR) is 40.7 cm³/mol. The summed E-state index contributed by atoms with van der Waals surface area (Å²) in [6.45, 7) is 0. The highest BCUT2D eigenvalue weighted by atomic mass is 16.5. The first-order chi connectivity index (χ1) is 5.20. The minimum Gasteiger partial charge on any atom is -0.357 e. The molecule has 0 fully saturated rings. The van der Waals surface area contributed by atoms with Crippen molar-refractivity contribution in [3.63, 3.8) is 0 Å². The van der Waals surface area contributed by atoms with Crippen LogP contribution >= 0.6 is 0 Å². The maximum Gasteiger partial charge on any atom is 0.230 e. The Hall–Kier alpha value is -1.19. The van der Waals surface area contributed by atoms with Crippen molar-refractivity contribution in [3.05, 3.63) is 29.8 Å². The highest BCUT2D eigenvalue weighted by molar-refractivity contribution is 5.81. The van der Waals surface area contributed by atoms with Crippen molar-refractivity contribution in [3.8, 4) is 0 Å². The lowest BCUT2D eigenvalue weighted by Crippen LogP contribution is -2.23. The number of nitrogens with zero attached hydrogens (tertiary/aromatic N) is 1. The van der Waals surface area contributed by atoms with E-state index in [1.165, 1.54) is 0 Å². The Kier molecular flexibility index (Phi) is 1.13. The molecule has 56 valence electrons. The molecule has 0 amide bonds. The quantitative estimate of drug-likeness (QED) is 0.529. The highest BCUT2D eigenvalue weighted by Crippen LogP contribution is 2.32. The van der Waals surface area contributed by atoms with Gasteiger partial charge in [0.1, 0.15) is 0 Å². The minimum absolute atomic E-state index is 0.444. The molecule has 2 N–H and O–H groups in total. The van der Waals surface area contributed by atoms with E-state index in [9.17, 15) is 10.2 Å². The highest BCUT2D eigenvalue weighted by Gasteiger charge is 2.30. The first-order valence-electron chi connectivity index (χ1n) is 3.30. The van der Waals surface area contributed by atoms with Gasteiger partial charge in [0.2, 0.25) is 5.79 Å². The first kappa shape index (κ1) is 6.52. The number of fused-ring (bicyclic) bond motifs is 1. The Labute approximate surface area is 63.6 Å². The van der Waals surface area contributed by atoms with Crippen molar-refractivity contribution in [2.24, 2.45) is 4.99 Å². The maximum atomic E-state index is 9.25. The van der Waals surface area contributed by atoms with Crippen LogP contribution in [0, 0.1) is 0 Å². The van der Waals surface area contributed by atoms with Gasteiger partial charge in [-0.05, 0) is 6.07 Å². The molecule has 1 aliphatic heterocycles. The number of hydrogen-bond acceptors (Lipinski definition) is 3. The molecule has 0 radical (unpaired) electrons. The largest absolute Gasteiger partial charge is 0.357 e. The predicted octanol–water partition coefficient (Wildman–Crippen LogP) is 0.540. The molecular formula is C8H7NO2. The molecule has 0 spiro atoms. The lowest BCUT2D eigenvalue weighted by Gasteiger charge is -2.11. The zero-order chi connectivity index (χ0) is 7.90. The second-order valence-electron chi connectivity index (χ2n) is 2.50. The third kappa shape index (κ3) is 0.859. The lowest BCUT2D eigenvalue weighted by atomic mass is 10.1. The normalized spacial score (nSPS) is 18.4. The van der Waals surface area contributed by atoms with Crippen molar-refractivity contribution >= 4 is 11.9 Å². The number of hydrogen-bond donors (Lipinski definition) is 2. The van der Waals surface area contributed by atoms with Gasteiger partial charge in [0.05, 0.1) is 11.9 Å². The first-order valence-corrected chi connectivity index (χ1v) is 3.30. The van der Waals surface area contributed by atoms with Gasteiger partial charge < -0.3 is 10.2 Å². The Morgan fingerprint density at radius 1 is 1.18 bits per heavy atom. The number of para-hydroxylation sites is 1. The molecule has 3 heteroatoms. The van der Waals surface area contributed by atoms with Gasteiger partial charge in [0.25, 0.3) is 0 Å². The van der Waals surface area contributed by atoms with E-state index in [-0.39, 0.29) is 0 Å². The smallest absolute Gasteiger partial charge is 0.230 e. The molecule has 1 aromatic carbocycles. The van der Waals surface area contributed by atoms with Crippen LogP contribution in [0.4, 0.5) is 5.69 Å². The van der Waals surface area contributed by atoms with E-state index in [0.717, 1.165) is 6.21 Å². The second-order valence-corrected chi connectivity index (χ2v) is 2.50. The average Bonchev–Trinajstić information content (AvgIpc) is 2.29. The molecule has 1 heterocycles. The third-order valence-corrected chi connectivity index (χ3v) is 1.68. The van der Waals surface area contributed by atoms with Crippen molar-refractivity contribution in [1.29, 1.82) is 0 Å². The summed E-state index contributed by atoms with van der Waals surface area (Å²) >= 11 is 0. The van der Waals surface area contributed by atoms with Crippen molar-refractivity contribution in [2.75, 3.05) is 0 Å². The van der Waals surface area contributed by atoms with E-state index in [1.807, 2.05) is 0 Å². The van der Waals surface area contributed by atoms with Gasteiger partial charge >= 0.3 is 0 Å². The Balaban J connectivity index is 2.64. The molecule has 0 saturated carbocycles. The Morgan fingerprint density at radius 2 is 1.91 bits per heavy atom. The summed E-state index contributed by atoms with van der Waals surface area (Å²) in [6, 6.07) is 6.93. The molecule has 0 aliphatic carbocycles. The zero-order valence-electron chi connectivity index (χ0n) is 5.73. The van der Waals surface area contributed by atoms with Crippen LogP contribution < -0.4 is 0 Å². The van der Waals surface area contributed by atoms with Crippen molar-refractivity contribution in [1.82, 2.24) is 0 Å². The summed E-state index contributed by atoms with van der Waals surface area (Å²) in [5, 5.41) is 18.5. The SMILES string of the molecule is OC1(O)C=Nc2ccccc21. The number of rotatable bonds is 0. The van der Waals surface area contributed by atoms with Crippen LogP contribution in [0.3, 0.4) is 0 Å². The van der Waals surface area contributed by atoms with Crippen LogP contribution in [-0.4, -0.2) is 16.4 Å². The fourth-order valence-corrected chi connectivity index (χ4v) is 1.13. The Bertz CT molecular complexity index is 318. The van der Waals surface area contributed by atoms with Crippen LogP contribution in [0.2, 0.25) is 0 Å².